The van der Waals surface area contributed by atoms with E-state index in [-0.39, 0.29) is 0 Å². The number of carboxylic acids is 1. The van der Waals surface area contributed by atoms with E-state index in [0.717, 1.165) is 31.2 Å². The van der Waals surface area contributed by atoms with Crippen LogP contribution in [0.25, 0.3) is 0 Å². The fourth-order valence-electron chi connectivity index (χ4n) is 2.09. The van der Waals surface area contributed by atoms with Gasteiger partial charge in [0.25, 0.3) is 5.97 Å². The number of carboxylic acid groups (broad SMARTS) is 1. The molecule has 0 bridgehead atoms. The zero-order valence-electron chi connectivity index (χ0n) is 10.2. The number of carbonyl (C=O) groups is 1. The lowest BCUT2D eigenvalue weighted by atomic mass is 9.77. The standard InChI is InChI=1S/C10H21N.C2H4O2/c1-8(2)10-5-3-9(7-11)4-6-10;1-2(3)4/h8-10H,3-7,11H2,1-2H3;1H3,(H,3,4). The van der Waals surface area contributed by atoms with Gasteiger partial charge in [-0.15, -0.1) is 0 Å². The first-order chi connectivity index (χ1) is 6.97. The van der Waals surface area contributed by atoms with Gasteiger partial charge in [-0.3, -0.25) is 4.79 Å². The van der Waals surface area contributed by atoms with Crippen LogP contribution in [0.5, 0.6) is 0 Å². The summed E-state index contributed by atoms with van der Waals surface area (Å²) >= 11 is 0. The Kier molecular flexibility index (Phi) is 7.39. The Labute approximate surface area is 93.0 Å². The van der Waals surface area contributed by atoms with Crippen molar-refractivity contribution in [1.29, 1.82) is 0 Å². The second-order valence-electron chi connectivity index (χ2n) is 4.78. The summed E-state index contributed by atoms with van der Waals surface area (Å²) in [6.45, 7) is 6.67. The minimum absolute atomic E-state index is 0.833. The van der Waals surface area contributed by atoms with Gasteiger partial charge in [0.2, 0.25) is 0 Å². The molecule has 0 spiro atoms. The summed E-state index contributed by atoms with van der Waals surface area (Å²) in [5.74, 6) is 1.87. The molecule has 0 saturated heterocycles. The molecular formula is C12H25NO2. The van der Waals surface area contributed by atoms with Gasteiger partial charge in [0.15, 0.2) is 0 Å². The van der Waals surface area contributed by atoms with Crippen molar-refractivity contribution in [2.45, 2.75) is 46.5 Å². The van der Waals surface area contributed by atoms with Crippen LogP contribution in [0.1, 0.15) is 46.5 Å². The van der Waals surface area contributed by atoms with Gasteiger partial charge in [-0.2, -0.15) is 0 Å². The Morgan fingerprint density at radius 1 is 1.33 bits per heavy atom. The predicted molar refractivity (Wildman–Crippen MR) is 62.7 cm³/mol. The molecule has 0 amide bonds. The predicted octanol–water partition coefficient (Wildman–Crippen LogP) is 2.50. The quantitative estimate of drug-likeness (QED) is 0.744. The van der Waals surface area contributed by atoms with Gasteiger partial charge < -0.3 is 10.8 Å². The minimum atomic E-state index is -0.833. The first-order valence-corrected chi connectivity index (χ1v) is 5.87. The van der Waals surface area contributed by atoms with Crippen molar-refractivity contribution in [3.8, 4) is 0 Å². The molecular weight excluding hydrogens is 190 g/mol. The van der Waals surface area contributed by atoms with Gasteiger partial charge in [-0.05, 0) is 50.0 Å². The Hall–Kier alpha value is -0.570. The first kappa shape index (κ1) is 14.4. The average molecular weight is 215 g/mol. The van der Waals surface area contributed by atoms with Crippen LogP contribution in [0.15, 0.2) is 0 Å². The van der Waals surface area contributed by atoms with Crippen LogP contribution < -0.4 is 5.73 Å². The van der Waals surface area contributed by atoms with Gasteiger partial charge in [-0.1, -0.05) is 13.8 Å². The van der Waals surface area contributed by atoms with Gasteiger partial charge in [0, 0.05) is 6.92 Å². The molecule has 1 aliphatic rings. The lowest BCUT2D eigenvalue weighted by Crippen LogP contribution is -2.23. The first-order valence-electron chi connectivity index (χ1n) is 5.87. The molecule has 0 aromatic rings. The van der Waals surface area contributed by atoms with Crippen molar-refractivity contribution >= 4 is 5.97 Å². The zero-order chi connectivity index (χ0) is 11.8. The molecule has 0 unspecified atom stereocenters. The third kappa shape index (κ3) is 7.37. The fraction of sp³-hybridized carbons (Fsp3) is 0.917. The molecule has 0 aromatic heterocycles. The number of rotatable bonds is 2. The Balaban J connectivity index is 0.000000423. The van der Waals surface area contributed by atoms with E-state index in [2.05, 4.69) is 13.8 Å². The lowest BCUT2D eigenvalue weighted by Gasteiger charge is -2.29. The Bertz CT molecular complexity index is 168. The number of hydrogen-bond acceptors (Lipinski definition) is 2. The molecule has 0 heterocycles. The maximum Gasteiger partial charge on any atom is 0.300 e. The topological polar surface area (TPSA) is 63.3 Å². The monoisotopic (exact) mass is 215 g/mol. The molecule has 1 aliphatic carbocycles. The Morgan fingerprint density at radius 3 is 2.00 bits per heavy atom. The normalized spacial score (nSPS) is 25.7. The van der Waals surface area contributed by atoms with Crippen LogP contribution in [0.2, 0.25) is 0 Å². The highest BCUT2D eigenvalue weighted by atomic mass is 16.4. The highest BCUT2D eigenvalue weighted by molar-refractivity contribution is 5.62. The second kappa shape index (κ2) is 7.69. The molecule has 1 rings (SSSR count). The number of hydrogen-bond donors (Lipinski definition) is 2. The van der Waals surface area contributed by atoms with Crippen molar-refractivity contribution in [2.24, 2.45) is 23.5 Å². The molecule has 0 radical (unpaired) electrons. The third-order valence-electron chi connectivity index (χ3n) is 3.17. The largest absolute Gasteiger partial charge is 0.481 e. The summed E-state index contributed by atoms with van der Waals surface area (Å²) in [7, 11) is 0. The van der Waals surface area contributed by atoms with E-state index in [0.29, 0.717) is 0 Å². The van der Waals surface area contributed by atoms with Crippen LogP contribution in [0.4, 0.5) is 0 Å². The minimum Gasteiger partial charge on any atom is -0.481 e. The van der Waals surface area contributed by atoms with Crippen molar-refractivity contribution < 1.29 is 9.90 Å². The summed E-state index contributed by atoms with van der Waals surface area (Å²) in [6, 6.07) is 0. The van der Waals surface area contributed by atoms with Crippen molar-refractivity contribution in [3.63, 3.8) is 0 Å². The molecule has 1 saturated carbocycles. The van der Waals surface area contributed by atoms with Crippen molar-refractivity contribution in [1.82, 2.24) is 0 Å². The van der Waals surface area contributed by atoms with E-state index < -0.39 is 5.97 Å². The van der Waals surface area contributed by atoms with E-state index >= 15 is 0 Å². The van der Waals surface area contributed by atoms with Gasteiger partial charge in [-0.25, -0.2) is 0 Å². The van der Waals surface area contributed by atoms with Crippen LogP contribution in [0.3, 0.4) is 0 Å². The maximum absolute atomic E-state index is 9.00. The van der Waals surface area contributed by atoms with Crippen LogP contribution in [-0.2, 0) is 4.79 Å². The molecule has 3 N–H and O–H groups in total. The van der Waals surface area contributed by atoms with Crippen LogP contribution >= 0.6 is 0 Å². The summed E-state index contributed by atoms with van der Waals surface area (Å²) in [5, 5.41) is 7.42. The van der Waals surface area contributed by atoms with Gasteiger partial charge in [0.1, 0.15) is 0 Å². The fourth-order valence-corrected chi connectivity index (χ4v) is 2.09. The number of nitrogens with two attached hydrogens (primary N) is 1. The lowest BCUT2D eigenvalue weighted by molar-refractivity contribution is -0.134. The summed E-state index contributed by atoms with van der Waals surface area (Å²) in [5.41, 5.74) is 5.62. The Morgan fingerprint density at radius 2 is 1.73 bits per heavy atom. The zero-order valence-corrected chi connectivity index (χ0v) is 10.2. The molecule has 90 valence electrons. The van der Waals surface area contributed by atoms with E-state index in [4.69, 9.17) is 15.6 Å². The molecule has 0 atom stereocenters. The molecule has 3 heteroatoms. The summed E-state index contributed by atoms with van der Waals surface area (Å²) < 4.78 is 0. The van der Waals surface area contributed by atoms with E-state index in [1.54, 1.807) is 0 Å². The highest BCUT2D eigenvalue weighted by Crippen LogP contribution is 2.32. The van der Waals surface area contributed by atoms with E-state index in [1.165, 1.54) is 25.7 Å². The van der Waals surface area contributed by atoms with Crippen LogP contribution in [-0.4, -0.2) is 17.6 Å². The molecule has 3 nitrogen and oxygen atoms in total. The third-order valence-corrected chi connectivity index (χ3v) is 3.17. The smallest absolute Gasteiger partial charge is 0.300 e. The second-order valence-corrected chi connectivity index (χ2v) is 4.78. The van der Waals surface area contributed by atoms with Crippen molar-refractivity contribution in [3.05, 3.63) is 0 Å². The molecule has 0 aliphatic heterocycles. The molecule has 0 aromatic carbocycles. The van der Waals surface area contributed by atoms with E-state index in [9.17, 15) is 0 Å². The number of aliphatic carboxylic acids is 1. The average Bonchev–Trinajstić information content (AvgIpc) is 2.17. The van der Waals surface area contributed by atoms with Crippen LogP contribution in [0, 0.1) is 17.8 Å². The SMILES string of the molecule is CC(=O)O.CC(C)C1CCC(CN)CC1. The summed E-state index contributed by atoms with van der Waals surface area (Å²) in [4.78, 5) is 9.00. The highest BCUT2D eigenvalue weighted by Gasteiger charge is 2.21. The van der Waals surface area contributed by atoms with Crippen molar-refractivity contribution in [2.75, 3.05) is 6.54 Å². The van der Waals surface area contributed by atoms with Gasteiger partial charge in [0.05, 0.1) is 0 Å². The summed E-state index contributed by atoms with van der Waals surface area (Å²) in [6.07, 6.45) is 5.58. The maximum atomic E-state index is 9.00. The van der Waals surface area contributed by atoms with Gasteiger partial charge >= 0.3 is 0 Å². The van der Waals surface area contributed by atoms with E-state index in [1.807, 2.05) is 0 Å². The molecule has 15 heavy (non-hydrogen) atoms. The molecule has 1 fully saturated rings.